The van der Waals surface area contributed by atoms with Gasteiger partial charge in [-0.15, -0.1) is 0 Å². The zero-order valence-electron chi connectivity index (χ0n) is 15.4. The molecule has 1 fully saturated rings. The highest BCUT2D eigenvalue weighted by atomic mass is 35.5. The van der Waals surface area contributed by atoms with Gasteiger partial charge >= 0.3 is 0 Å². The third kappa shape index (κ3) is 5.38. The van der Waals surface area contributed by atoms with Crippen LogP contribution in [-0.2, 0) is 0 Å². The number of amides is 1. The lowest BCUT2D eigenvalue weighted by molar-refractivity contribution is 0.0633. The van der Waals surface area contributed by atoms with Crippen LogP contribution in [0.3, 0.4) is 0 Å². The molecule has 1 aliphatic heterocycles. The van der Waals surface area contributed by atoms with Gasteiger partial charge < -0.3 is 9.64 Å². The Morgan fingerprint density at radius 1 is 1.15 bits per heavy atom. The summed E-state index contributed by atoms with van der Waals surface area (Å²) in [6, 6.07) is 15.2. The number of likely N-dealkylation sites (N-methyl/N-ethyl adjacent to an activating group) is 1. The van der Waals surface area contributed by atoms with Gasteiger partial charge in [-0.25, -0.2) is 0 Å². The average Bonchev–Trinajstić information content (AvgIpc) is 2.70. The fourth-order valence-corrected chi connectivity index (χ4v) is 3.81. The number of likely N-dealkylation sites (tertiary alicyclic amines) is 1. The Morgan fingerprint density at radius 2 is 1.85 bits per heavy atom. The highest BCUT2D eigenvalue weighted by Gasteiger charge is 2.25. The van der Waals surface area contributed by atoms with Crippen molar-refractivity contribution >= 4 is 29.1 Å². The molecule has 3 rings (SSSR count). The van der Waals surface area contributed by atoms with E-state index in [4.69, 9.17) is 27.9 Å². The minimum atomic E-state index is 0.123. The smallest absolute Gasteiger partial charge is 0.253 e. The normalized spacial score (nSPS) is 15.2. The van der Waals surface area contributed by atoms with E-state index >= 15 is 0 Å². The monoisotopic (exact) mass is 406 g/mol. The van der Waals surface area contributed by atoms with Crippen molar-refractivity contribution in [2.45, 2.75) is 18.9 Å². The van der Waals surface area contributed by atoms with Crippen molar-refractivity contribution in [1.82, 2.24) is 9.80 Å². The number of nitrogens with zero attached hydrogens (tertiary/aromatic N) is 2. The van der Waals surface area contributed by atoms with Crippen molar-refractivity contribution in [2.24, 2.45) is 0 Å². The molecule has 1 aliphatic rings. The molecule has 144 valence electrons. The van der Waals surface area contributed by atoms with E-state index in [1.165, 1.54) is 0 Å². The van der Waals surface area contributed by atoms with Crippen LogP contribution < -0.4 is 4.74 Å². The Hall–Kier alpha value is -1.75. The van der Waals surface area contributed by atoms with Crippen molar-refractivity contribution in [1.29, 1.82) is 0 Å². The molecule has 4 nitrogen and oxygen atoms in total. The second kappa shape index (κ2) is 9.45. The summed E-state index contributed by atoms with van der Waals surface area (Å²) in [5.74, 6) is 0.773. The lowest BCUT2D eigenvalue weighted by atomic mass is 10.0. The molecule has 1 amide bonds. The van der Waals surface area contributed by atoms with Gasteiger partial charge in [0.25, 0.3) is 5.91 Å². The number of halogens is 2. The van der Waals surface area contributed by atoms with Crippen LogP contribution in [0.5, 0.6) is 5.75 Å². The minimum absolute atomic E-state index is 0.123. The Kier molecular flexibility index (Phi) is 7.00. The van der Waals surface area contributed by atoms with Crippen LogP contribution in [-0.4, -0.2) is 55.0 Å². The topological polar surface area (TPSA) is 32.8 Å². The fraction of sp³-hybridized carbons (Fsp3) is 0.381. The standard InChI is InChI=1S/C21H24Cl2N2O2/c1-24(13-14-27-20-8-7-17(22)15-19(20)23)18-9-11-25(12-10-18)21(26)16-5-3-2-4-6-16/h2-8,15,18H,9-14H2,1H3. The van der Waals surface area contributed by atoms with Crippen LogP contribution in [0.2, 0.25) is 10.0 Å². The molecule has 0 atom stereocenters. The van der Waals surface area contributed by atoms with Gasteiger partial charge in [0, 0.05) is 36.3 Å². The van der Waals surface area contributed by atoms with E-state index in [-0.39, 0.29) is 5.91 Å². The maximum Gasteiger partial charge on any atom is 0.253 e. The molecule has 0 unspecified atom stereocenters. The summed E-state index contributed by atoms with van der Waals surface area (Å²) >= 11 is 12.0. The first-order chi connectivity index (χ1) is 13.0. The average molecular weight is 407 g/mol. The summed E-state index contributed by atoms with van der Waals surface area (Å²) in [6.45, 7) is 2.93. The number of rotatable bonds is 6. The van der Waals surface area contributed by atoms with Gasteiger partial charge in [0.05, 0.1) is 5.02 Å². The van der Waals surface area contributed by atoms with E-state index in [1.807, 2.05) is 35.2 Å². The number of piperidine rings is 1. The number of benzene rings is 2. The first-order valence-electron chi connectivity index (χ1n) is 9.17. The molecule has 0 radical (unpaired) electrons. The molecular weight excluding hydrogens is 383 g/mol. The van der Waals surface area contributed by atoms with Gasteiger partial charge in [0.15, 0.2) is 0 Å². The van der Waals surface area contributed by atoms with Crippen LogP contribution in [0, 0.1) is 0 Å². The maximum absolute atomic E-state index is 12.5. The highest BCUT2D eigenvalue weighted by molar-refractivity contribution is 6.35. The lowest BCUT2D eigenvalue weighted by Gasteiger charge is -2.36. The second-order valence-electron chi connectivity index (χ2n) is 6.79. The molecule has 1 heterocycles. The van der Waals surface area contributed by atoms with Crippen LogP contribution >= 0.6 is 23.2 Å². The van der Waals surface area contributed by atoms with Crippen molar-refractivity contribution in [2.75, 3.05) is 33.3 Å². The molecule has 0 saturated carbocycles. The van der Waals surface area contributed by atoms with Gasteiger partial charge in [-0.05, 0) is 50.2 Å². The first-order valence-corrected chi connectivity index (χ1v) is 9.92. The number of carbonyl (C=O) groups excluding carboxylic acids is 1. The van der Waals surface area contributed by atoms with Crippen LogP contribution in [0.25, 0.3) is 0 Å². The van der Waals surface area contributed by atoms with Gasteiger partial charge in [0.1, 0.15) is 12.4 Å². The zero-order valence-corrected chi connectivity index (χ0v) is 16.9. The number of ether oxygens (including phenoxy) is 1. The number of hydrogen-bond acceptors (Lipinski definition) is 3. The predicted molar refractivity (Wildman–Crippen MR) is 110 cm³/mol. The van der Waals surface area contributed by atoms with Crippen molar-refractivity contribution < 1.29 is 9.53 Å². The van der Waals surface area contributed by atoms with Gasteiger partial charge in [-0.3, -0.25) is 9.69 Å². The van der Waals surface area contributed by atoms with Crippen molar-refractivity contribution in [3.05, 3.63) is 64.1 Å². The molecular formula is C21H24Cl2N2O2. The maximum atomic E-state index is 12.5. The Bertz CT molecular complexity index is 762. The Morgan fingerprint density at radius 3 is 2.52 bits per heavy atom. The van der Waals surface area contributed by atoms with E-state index < -0.39 is 0 Å². The molecule has 1 saturated heterocycles. The molecule has 0 aromatic heterocycles. The van der Waals surface area contributed by atoms with Crippen LogP contribution in [0.4, 0.5) is 0 Å². The number of hydrogen-bond donors (Lipinski definition) is 0. The summed E-state index contributed by atoms with van der Waals surface area (Å²) in [5, 5.41) is 1.12. The second-order valence-corrected chi connectivity index (χ2v) is 7.64. The third-order valence-corrected chi connectivity index (χ3v) is 5.52. The molecule has 0 spiro atoms. The summed E-state index contributed by atoms with van der Waals surface area (Å²) in [7, 11) is 2.10. The summed E-state index contributed by atoms with van der Waals surface area (Å²) < 4.78 is 5.77. The third-order valence-electron chi connectivity index (χ3n) is 4.99. The van der Waals surface area contributed by atoms with Crippen LogP contribution in [0.15, 0.2) is 48.5 Å². The summed E-state index contributed by atoms with van der Waals surface area (Å²) in [4.78, 5) is 16.8. The predicted octanol–water partition coefficient (Wildman–Crippen LogP) is 4.61. The van der Waals surface area contributed by atoms with Crippen molar-refractivity contribution in [3.63, 3.8) is 0 Å². The molecule has 2 aromatic rings. The van der Waals surface area contributed by atoms with Gasteiger partial charge in [-0.2, -0.15) is 0 Å². The van der Waals surface area contributed by atoms with E-state index in [9.17, 15) is 4.79 Å². The molecule has 0 bridgehead atoms. The lowest BCUT2D eigenvalue weighted by Crippen LogP contribution is -2.46. The fourth-order valence-electron chi connectivity index (χ4n) is 3.35. The number of carbonyl (C=O) groups is 1. The van der Waals surface area contributed by atoms with E-state index in [0.717, 1.165) is 38.0 Å². The minimum Gasteiger partial charge on any atom is -0.491 e. The Balaban J connectivity index is 1.43. The van der Waals surface area contributed by atoms with Crippen LogP contribution in [0.1, 0.15) is 23.2 Å². The summed E-state index contributed by atoms with van der Waals surface area (Å²) in [5.41, 5.74) is 0.762. The molecule has 6 heteroatoms. The zero-order chi connectivity index (χ0) is 19.2. The summed E-state index contributed by atoms with van der Waals surface area (Å²) in [6.07, 6.45) is 1.94. The molecule has 0 aliphatic carbocycles. The first kappa shape index (κ1) is 20.0. The molecule has 27 heavy (non-hydrogen) atoms. The molecule has 2 aromatic carbocycles. The van der Waals surface area contributed by atoms with Gasteiger partial charge in [-0.1, -0.05) is 41.4 Å². The van der Waals surface area contributed by atoms with Crippen molar-refractivity contribution in [3.8, 4) is 5.75 Å². The Labute approximate surface area is 170 Å². The van der Waals surface area contributed by atoms with E-state index in [2.05, 4.69) is 11.9 Å². The van der Waals surface area contributed by atoms with E-state index in [1.54, 1.807) is 18.2 Å². The quantitative estimate of drug-likeness (QED) is 0.701. The SMILES string of the molecule is CN(CCOc1ccc(Cl)cc1Cl)C1CCN(C(=O)c2ccccc2)CC1. The van der Waals surface area contributed by atoms with E-state index in [0.29, 0.717) is 28.4 Å². The van der Waals surface area contributed by atoms with Gasteiger partial charge in [0.2, 0.25) is 0 Å². The highest BCUT2D eigenvalue weighted by Crippen LogP contribution is 2.27. The largest absolute Gasteiger partial charge is 0.491 e. The molecule has 0 N–H and O–H groups in total.